The van der Waals surface area contributed by atoms with Crippen molar-refractivity contribution >= 4 is 35.8 Å². The van der Waals surface area contributed by atoms with Crippen LogP contribution in [0.15, 0.2) is 4.99 Å². The number of halogens is 1. The summed E-state index contributed by atoms with van der Waals surface area (Å²) in [6.07, 6.45) is 0. The Morgan fingerprint density at radius 2 is 1.79 bits per heavy atom. The van der Waals surface area contributed by atoms with Gasteiger partial charge in [-0.1, -0.05) is 0 Å². The molecule has 0 spiro atoms. The lowest BCUT2D eigenvalue weighted by molar-refractivity contribution is -0.123. The van der Waals surface area contributed by atoms with Gasteiger partial charge in [0.25, 0.3) is 0 Å². The number of aliphatic imine (C=N–C) groups is 1. The normalized spacial score (nSPS) is 22.9. The molecule has 2 N–H and O–H groups in total. The maximum absolute atomic E-state index is 12.0. The van der Waals surface area contributed by atoms with E-state index in [4.69, 9.17) is 4.99 Å². The van der Waals surface area contributed by atoms with Crippen LogP contribution >= 0.6 is 24.0 Å². The van der Waals surface area contributed by atoms with Crippen molar-refractivity contribution in [2.75, 3.05) is 79.5 Å². The molecule has 0 radical (unpaired) electrons. The standard InChI is InChI=1S/C19H39N7O.HI/c1-6-20-19(21-13-17-14-23(4)7-8-24(17)5)26-11-9-25(10-12-26)15-18(27)22-16(2)3;/h16-17H,6-15H2,1-5H3,(H,20,21)(H,22,27);1H. The van der Waals surface area contributed by atoms with Gasteiger partial charge in [0.1, 0.15) is 0 Å². The van der Waals surface area contributed by atoms with Gasteiger partial charge in [0.2, 0.25) is 5.91 Å². The Balaban J connectivity index is 0.00000392. The molecule has 0 saturated carbocycles. The number of hydrogen-bond donors (Lipinski definition) is 2. The molecule has 2 saturated heterocycles. The fourth-order valence-electron chi connectivity index (χ4n) is 3.60. The Hall–Kier alpha value is -0.650. The number of carbonyl (C=O) groups excluding carboxylic acids is 1. The van der Waals surface area contributed by atoms with Crippen LogP contribution in [-0.4, -0.2) is 123 Å². The van der Waals surface area contributed by atoms with Gasteiger partial charge >= 0.3 is 0 Å². The number of likely N-dealkylation sites (N-methyl/N-ethyl adjacent to an activating group) is 2. The smallest absolute Gasteiger partial charge is 0.234 e. The van der Waals surface area contributed by atoms with E-state index in [1.165, 1.54) is 0 Å². The molecule has 164 valence electrons. The first kappa shape index (κ1) is 25.4. The Morgan fingerprint density at radius 1 is 1.11 bits per heavy atom. The predicted molar refractivity (Wildman–Crippen MR) is 127 cm³/mol. The van der Waals surface area contributed by atoms with Crippen LogP contribution in [0.2, 0.25) is 0 Å². The highest BCUT2D eigenvalue weighted by Gasteiger charge is 2.24. The number of nitrogens with zero attached hydrogens (tertiary/aromatic N) is 5. The van der Waals surface area contributed by atoms with Crippen LogP contribution in [0.5, 0.6) is 0 Å². The number of carbonyl (C=O) groups is 1. The lowest BCUT2D eigenvalue weighted by Crippen LogP contribution is -2.55. The first-order valence-corrected chi connectivity index (χ1v) is 10.3. The van der Waals surface area contributed by atoms with Gasteiger partial charge < -0.3 is 20.4 Å². The van der Waals surface area contributed by atoms with Crippen LogP contribution in [0.1, 0.15) is 20.8 Å². The Labute approximate surface area is 188 Å². The molecule has 8 nitrogen and oxygen atoms in total. The van der Waals surface area contributed by atoms with Crippen LogP contribution in [0.3, 0.4) is 0 Å². The summed E-state index contributed by atoms with van der Waals surface area (Å²) in [7, 11) is 4.38. The van der Waals surface area contributed by atoms with E-state index < -0.39 is 0 Å². The van der Waals surface area contributed by atoms with E-state index in [0.717, 1.165) is 64.9 Å². The van der Waals surface area contributed by atoms with Crippen molar-refractivity contribution in [3.05, 3.63) is 0 Å². The fourth-order valence-corrected chi connectivity index (χ4v) is 3.60. The summed E-state index contributed by atoms with van der Waals surface area (Å²) < 4.78 is 0. The third-order valence-electron chi connectivity index (χ3n) is 5.26. The summed E-state index contributed by atoms with van der Waals surface area (Å²) in [5.41, 5.74) is 0. The van der Waals surface area contributed by atoms with Crippen molar-refractivity contribution in [3.63, 3.8) is 0 Å². The average molecular weight is 509 g/mol. The minimum absolute atomic E-state index is 0. The van der Waals surface area contributed by atoms with Crippen LogP contribution < -0.4 is 10.6 Å². The molecule has 2 aliphatic heterocycles. The molecule has 2 fully saturated rings. The second-order valence-electron chi connectivity index (χ2n) is 8.08. The van der Waals surface area contributed by atoms with Crippen molar-refractivity contribution in [2.24, 2.45) is 4.99 Å². The zero-order chi connectivity index (χ0) is 19.8. The van der Waals surface area contributed by atoms with Crippen LogP contribution in [0, 0.1) is 0 Å². The highest BCUT2D eigenvalue weighted by Crippen LogP contribution is 2.08. The van der Waals surface area contributed by atoms with Gasteiger partial charge in [-0.15, -0.1) is 24.0 Å². The number of guanidine groups is 1. The van der Waals surface area contributed by atoms with E-state index in [-0.39, 0.29) is 35.9 Å². The summed E-state index contributed by atoms with van der Waals surface area (Å²) >= 11 is 0. The number of nitrogens with one attached hydrogen (secondary N) is 2. The van der Waals surface area contributed by atoms with Crippen LogP contribution in [0.25, 0.3) is 0 Å². The molecular formula is C19H40IN7O. The first-order valence-electron chi connectivity index (χ1n) is 10.3. The quantitative estimate of drug-likeness (QED) is 0.298. The molecule has 1 atom stereocenters. The molecule has 0 aromatic carbocycles. The Morgan fingerprint density at radius 3 is 2.39 bits per heavy atom. The summed E-state index contributed by atoms with van der Waals surface area (Å²) in [4.78, 5) is 26.2. The second-order valence-corrected chi connectivity index (χ2v) is 8.08. The number of piperazine rings is 2. The lowest BCUT2D eigenvalue weighted by atomic mass is 10.2. The van der Waals surface area contributed by atoms with E-state index in [9.17, 15) is 4.79 Å². The number of hydrogen-bond acceptors (Lipinski definition) is 5. The molecule has 2 heterocycles. The fraction of sp³-hybridized carbons (Fsp3) is 0.895. The van der Waals surface area contributed by atoms with Crippen molar-refractivity contribution in [3.8, 4) is 0 Å². The van der Waals surface area contributed by atoms with Gasteiger partial charge in [0.05, 0.1) is 13.1 Å². The molecule has 1 unspecified atom stereocenters. The van der Waals surface area contributed by atoms with Crippen molar-refractivity contribution < 1.29 is 4.79 Å². The largest absolute Gasteiger partial charge is 0.357 e. The molecule has 2 rings (SSSR count). The van der Waals surface area contributed by atoms with E-state index in [2.05, 4.69) is 51.3 Å². The van der Waals surface area contributed by atoms with Gasteiger partial charge in [0.15, 0.2) is 5.96 Å². The summed E-state index contributed by atoms with van der Waals surface area (Å²) in [6.45, 7) is 15.2. The molecule has 9 heteroatoms. The molecule has 28 heavy (non-hydrogen) atoms. The summed E-state index contributed by atoms with van der Waals surface area (Å²) in [5, 5.41) is 6.42. The molecule has 1 amide bonds. The average Bonchev–Trinajstić information content (AvgIpc) is 2.61. The van der Waals surface area contributed by atoms with Gasteiger partial charge in [-0.3, -0.25) is 19.6 Å². The molecule has 0 aromatic rings. The second kappa shape index (κ2) is 12.8. The number of amides is 1. The van der Waals surface area contributed by atoms with Gasteiger partial charge in [-0.25, -0.2) is 0 Å². The van der Waals surface area contributed by atoms with E-state index >= 15 is 0 Å². The van der Waals surface area contributed by atoms with Crippen molar-refractivity contribution in [2.45, 2.75) is 32.9 Å². The maximum atomic E-state index is 12.0. The highest BCUT2D eigenvalue weighted by atomic mass is 127. The molecule has 0 aliphatic carbocycles. The van der Waals surface area contributed by atoms with Gasteiger partial charge in [-0.2, -0.15) is 0 Å². The Kier molecular flexibility index (Phi) is 11.6. The predicted octanol–water partition coefficient (Wildman–Crippen LogP) is -0.0421. The minimum atomic E-state index is 0. The topological polar surface area (TPSA) is 66.5 Å². The van der Waals surface area contributed by atoms with Crippen LogP contribution in [-0.2, 0) is 4.79 Å². The van der Waals surface area contributed by atoms with Gasteiger partial charge in [-0.05, 0) is 34.9 Å². The third kappa shape index (κ3) is 8.38. The molecule has 2 aliphatic rings. The van der Waals surface area contributed by atoms with E-state index in [0.29, 0.717) is 12.6 Å². The van der Waals surface area contributed by atoms with Crippen molar-refractivity contribution in [1.82, 2.24) is 30.2 Å². The zero-order valence-electron chi connectivity index (χ0n) is 18.3. The summed E-state index contributed by atoms with van der Waals surface area (Å²) in [5.74, 6) is 1.12. The SMILES string of the molecule is CCNC(=NCC1CN(C)CCN1C)N1CCN(CC(=O)NC(C)C)CC1.I. The zero-order valence-corrected chi connectivity index (χ0v) is 20.6. The summed E-state index contributed by atoms with van der Waals surface area (Å²) in [6, 6.07) is 0.668. The monoisotopic (exact) mass is 509 g/mol. The molecular weight excluding hydrogens is 469 g/mol. The van der Waals surface area contributed by atoms with Gasteiger partial charge in [0, 0.05) is 64.4 Å². The molecule has 0 aromatic heterocycles. The van der Waals surface area contributed by atoms with E-state index in [1.807, 2.05) is 13.8 Å². The third-order valence-corrected chi connectivity index (χ3v) is 5.26. The van der Waals surface area contributed by atoms with E-state index in [1.54, 1.807) is 0 Å². The van der Waals surface area contributed by atoms with Crippen molar-refractivity contribution in [1.29, 1.82) is 0 Å². The van der Waals surface area contributed by atoms with Crippen LogP contribution in [0.4, 0.5) is 0 Å². The number of rotatable bonds is 6. The highest BCUT2D eigenvalue weighted by molar-refractivity contribution is 14.0. The maximum Gasteiger partial charge on any atom is 0.234 e. The lowest BCUT2D eigenvalue weighted by Gasteiger charge is -2.38. The Bertz CT molecular complexity index is 495. The molecule has 0 bridgehead atoms. The first-order chi connectivity index (χ1) is 12.9. The minimum Gasteiger partial charge on any atom is -0.357 e.